The molecule has 166 valence electrons. The molecule has 9 heteroatoms. The summed E-state index contributed by atoms with van der Waals surface area (Å²) >= 11 is 7.43. The smallest absolute Gasteiger partial charge is 0.308 e. The van der Waals surface area contributed by atoms with Gasteiger partial charge in [0.15, 0.2) is 0 Å². The zero-order valence-electron chi connectivity index (χ0n) is 18.3. The number of urea groups is 1. The maximum absolute atomic E-state index is 13.2. The van der Waals surface area contributed by atoms with Crippen LogP contribution in [-0.2, 0) is 9.59 Å². The van der Waals surface area contributed by atoms with Gasteiger partial charge in [0.05, 0.1) is 11.3 Å². The minimum absolute atomic E-state index is 0.163. The molecule has 1 N–H and O–H groups in total. The Morgan fingerprint density at radius 2 is 1.76 bits per heavy atom. The number of thiophene rings is 1. The molecule has 0 atom stereocenters. The Bertz CT molecular complexity index is 1410. The van der Waals surface area contributed by atoms with E-state index in [1.54, 1.807) is 12.1 Å². The molecule has 0 saturated carbocycles. The largest absolute Gasteiger partial charge is 0.335 e. The van der Waals surface area contributed by atoms with Crippen LogP contribution in [0.25, 0.3) is 11.1 Å². The highest BCUT2D eigenvalue weighted by Crippen LogP contribution is 2.34. The molecule has 2 aromatic heterocycles. The predicted octanol–water partition coefficient (Wildman–Crippen LogP) is 4.96. The molecule has 4 amide bonds. The van der Waals surface area contributed by atoms with Gasteiger partial charge in [0.2, 0.25) is 0 Å². The van der Waals surface area contributed by atoms with Gasteiger partial charge in [-0.2, -0.15) is 5.26 Å². The maximum atomic E-state index is 13.2. The Kier molecular flexibility index (Phi) is 5.70. The predicted molar refractivity (Wildman–Crippen MR) is 128 cm³/mol. The summed E-state index contributed by atoms with van der Waals surface area (Å²) in [5.41, 5.74) is 3.94. The summed E-state index contributed by atoms with van der Waals surface area (Å²) in [6, 6.07) is 9.48. The van der Waals surface area contributed by atoms with E-state index in [4.69, 9.17) is 11.6 Å². The zero-order chi connectivity index (χ0) is 24.0. The second kappa shape index (κ2) is 8.35. The summed E-state index contributed by atoms with van der Waals surface area (Å²) in [6.45, 7) is 7.64. The standard InChI is InChI=1S/C24H19ClN4O3S/c1-12-9-16(14(3)28(12)23-20(11-26)13(2)15(4)33-23)10-19-21(30)27-24(32)29(22(19)31)18-7-5-17(25)6-8-18/h5-10H,1-4H3,(H,27,30,32)/b19-10+. The first kappa shape index (κ1) is 22.5. The molecule has 0 unspecified atom stereocenters. The van der Waals surface area contributed by atoms with Gasteiger partial charge in [-0.1, -0.05) is 11.6 Å². The number of amides is 4. The number of barbiturate groups is 1. The number of nitriles is 1. The van der Waals surface area contributed by atoms with Crippen LogP contribution in [0.4, 0.5) is 10.5 Å². The van der Waals surface area contributed by atoms with E-state index in [-0.39, 0.29) is 5.57 Å². The number of rotatable bonds is 3. The second-order valence-electron chi connectivity index (χ2n) is 7.67. The van der Waals surface area contributed by atoms with Crippen LogP contribution < -0.4 is 10.2 Å². The minimum atomic E-state index is -0.821. The summed E-state index contributed by atoms with van der Waals surface area (Å²) < 4.78 is 1.95. The molecule has 33 heavy (non-hydrogen) atoms. The SMILES string of the molecule is Cc1sc(-n2c(C)cc(/C=C3\C(=O)NC(=O)N(c4ccc(Cl)cc4)C3=O)c2C)c(C#N)c1C. The number of hydrogen-bond acceptors (Lipinski definition) is 5. The molecule has 4 rings (SSSR count). The number of hydrogen-bond donors (Lipinski definition) is 1. The molecule has 0 bridgehead atoms. The number of nitrogens with zero attached hydrogens (tertiary/aromatic N) is 3. The Morgan fingerprint density at radius 1 is 1.09 bits per heavy atom. The van der Waals surface area contributed by atoms with Crippen molar-refractivity contribution in [1.29, 1.82) is 5.26 Å². The number of nitrogens with one attached hydrogen (secondary N) is 1. The molecule has 3 heterocycles. The highest BCUT2D eigenvalue weighted by atomic mass is 35.5. The summed E-state index contributed by atoms with van der Waals surface area (Å²) in [5, 5.41) is 13.1. The number of halogens is 1. The van der Waals surface area contributed by atoms with E-state index in [2.05, 4.69) is 11.4 Å². The first-order valence-corrected chi connectivity index (χ1v) is 11.2. The van der Waals surface area contributed by atoms with Crippen molar-refractivity contribution in [1.82, 2.24) is 9.88 Å². The molecule has 0 spiro atoms. The lowest BCUT2D eigenvalue weighted by atomic mass is 10.1. The molecule has 1 aromatic carbocycles. The summed E-state index contributed by atoms with van der Waals surface area (Å²) in [7, 11) is 0. The van der Waals surface area contributed by atoms with Gasteiger partial charge in [-0.05, 0) is 75.2 Å². The summed E-state index contributed by atoms with van der Waals surface area (Å²) in [6.07, 6.45) is 1.48. The number of imide groups is 2. The van der Waals surface area contributed by atoms with Crippen molar-refractivity contribution >= 4 is 52.5 Å². The second-order valence-corrected chi connectivity index (χ2v) is 9.31. The van der Waals surface area contributed by atoms with Crippen molar-refractivity contribution < 1.29 is 14.4 Å². The third-order valence-electron chi connectivity index (χ3n) is 5.64. The van der Waals surface area contributed by atoms with E-state index >= 15 is 0 Å². The number of anilines is 1. The number of carbonyl (C=O) groups is 3. The fraction of sp³-hybridized carbons (Fsp3) is 0.167. The van der Waals surface area contributed by atoms with Gasteiger partial charge in [-0.25, -0.2) is 9.69 Å². The highest BCUT2D eigenvalue weighted by Gasteiger charge is 2.37. The van der Waals surface area contributed by atoms with Gasteiger partial charge < -0.3 is 4.57 Å². The van der Waals surface area contributed by atoms with Crippen molar-refractivity contribution in [3.8, 4) is 11.1 Å². The molecule has 0 radical (unpaired) electrons. The van der Waals surface area contributed by atoms with E-state index in [0.717, 1.165) is 31.7 Å². The summed E-state index contributed by atoms with van der Waals surface area (Å²) in [5.74, 6) is -1.49. The van der Waals surface area contributed by atoms with Crippen molar-refractivity contribution in [3.05, 3.63) is 73.9 Å². The summed E-state index contributed by atoms with van der Waals surface area (Å²) in [4.78, 5) is 40.1. The van der Waals surface area contributed by atoms with Gasteiger partial charge in [0, 0.05) is 21.3 Å². The lowest BCUT2D eigenvalue weighted by molar-refractivity contribution is -0.122. The molecule has 3 aromatic rings. The quantitative estimate of drug-likeness (QED) is 0.425. The van der Waals surface area contributed by atoms with Crippen LogP contribution in [-0.4, -0.2) is 22.4 Å². The lowest BCUT2D eigenvalue weighted by Gasteiger charge is -2.26. The van der Waals surface area contributed by atoms with E-state index in [1.165, 1.54) is 29.5 Å². The molecule has 1 saturated heterocycles. The normalized spacial score (nSPS) is 15.2. The number of carbonyl (C=O) groups excluding carboxylic acids is 3. The van der Waals surface area contributed by atoms with Gasteiger partial charge in [0.25, 0.3) is 11.8 Å². The lowest BCUT2D eigenvalue weighted by Crippen LogP contribution is -2.54. The molecule has 7 nitrogen and oxygen atoms in total. The van der Waals surface area contributed by atoms with Crippen molar-refractivity contribution in [2.24, 2.45) is 0 Å². The van der Waals surface area contributed by atoms with Gasteiger partial charge >= 0.3 is 6.03 Å². The fourth-order valence-electron chi connectivity index (χ4n) is 3.78. The van der Waals surface area contributed by atoms with Crippen LogP contribution >= 0.6 is 22.9 Å². The molecular weight excluding hydrogens is 460 g/mol. The highest BCUT2D eigenvalue weighted by molar-refractivity contribution is 7.14. The van der Waals surface area contributed by atoms with Crippen molar-refractivity contribution in [2.75, 3.05) is 4.90 Å². The van der Waals surface area contributed by atoms with E-state index in [9.17, 15) is 19.6 Å². The van der Waals surface area contributed by atoms with Gasteiger partial charge in [0.1, 0.15) is 16.6 Å². The fourth-order valence-corrected chi connectivity index (χ4v) is 5.13. The average molecular weight is 479 g/mol. The third-order valence-corrected chi connectivity index (χ3v) is 7.08. The Hall–Kier alpha value is -3.67. The Labute approximate surface area is 199 Å². The monoisotopic (exact) mass is 478 g/mol. The van der Waals surface area contributed by atoms with Crippen LogP contribution in [0.5, 0.6) is 0 Å². The molecule has 1 aliphatic heterocycles. The molecule has 1 aliphatic rings. The molecular formula is C24H19ClN4O3S. The molecule has 0 aliphatic carbocycles. The topological polar surface area (TPSA) is 95.2 Å². The van der Waals surface area contributed by atoms with E-state index in [0.29, 0.717) is 21.8 Å². The zero-order valence-corrected chi connectivity index (χ0v) is 19.9. The Morgan fingerprint density at radius 3 is 2.39 bits per heavy atom. The minimum Gasteiger partial charge on any atom is -0.308 e. The van der Waals surface area contributed by atoms with E-state index in [1.807, 2.05) is 38.3 Å². The van der Waals surface area contributed by atoms with Crippen LogP contribution in [0.2, 0.25) is 5.02 Å². The van der Waals surface area contributed by atoms with Gasteiger partial charge in [-0.15, -0.1) is 11.3 Å². The van der Waals surface area contributed by atoms with E-state index < -0.39 is 17.8 Å². The van der Waals surface area contributed by atoms with Crippen LogP contribution in [0.1, 0.15) is 33.0 Å². The van der Waals surface area contributed by atoms with Gasteiger partial charge in [-0.3, -0.25) is 14.9 Å². The number of aryl methyl sites for hydroxylation is 2. The maximum Gasteiger partial charge on any atom is 0.335 e. The van der Waals surface area contributed by atoms with Crippen molar-refractivity contribution in [2.45, 2.75) is 27.7 Å². The number of aromatic nitrogens is 1. The average Bonchev–Trinajstić information content (AvgIpc) is 3.20. The number of benzene rings is 1. The van der Waals surface area contributed by atoms with Crippen LogP contribution in [0.3, 0.4) is 0 Å². The third kappa shape index (κ3) is 3.75. The van der Waals surface area contributed by atoms with Crippen LogP contribution in [0.15, 0.2) is 35.9 Å². The Balaban J connectivity index is 1.80. The first-order valence-electron chi connectivity index (χ1n) is 10.0. The van der Waals surface area contributed by atoms with Crippen molar-refractivity contribution in [3.63, 3.8) is 0 Å². The molecule has 1 fully saturated rings. The first-order chi connectivity index (χ1) is 15.6. The van der Waals surface area contributed by atoms with Crippen LogP contribution in [0, 0.1) is 39.0 Å².